The normalized spacial score (nSPS) is 10.8. The predicted octanol–water partition coefficient (Wildman–Crippen LogP) is 4.54. The van der Waals surface area contributed by atoms with Gasteiger partial charge < -0.3 is 5.32 Å². The van der Waals surface area contributed by atoms with Crippen molar-refractivity contribution in [3.8, 4) is 11.3 Å². The van der Waals surface area contributed by atoms with Crippen molar-refractivity contribution in [2.75, 3.05) is 5.32 Å². The molecule has 0 saturated carbocycles. The minimum Gasteiger partial charge on any atom is -0.311 e. The molecule has 2 aromatic heterocycles. The van der Waals surface area contributed by atoms with Gasteiger partial charge in [-0.2, -0.15) is 5.10 Å². The molecular formula is C19H17ClF2N4O. The van der Waals surface area contributed by atoms with Gasteiger partial charge in [0.25, 0.3) is 0 Å². The summed E-state index contributed by atoms with van der Waals surface area (Å²) in [6.07, 6.45) is 4.26. The number of H-pyrrole nitrogens is 1. The number of aryl methyl sites for hydroxylation is 1. The number of rotatable bonds is 6. The molecule has 5 nitrogen and oxygen atoms in total. The third-order valence-corrected chi connectivity index (χ3v) is 4.48. The molecule has 2 N–H and O–H groups in total. The molecule has 0 fully saturated rings. The molecule has 0 saturated heterocycles. The fraction of sp³-hybridized carbons (Fsp3) is 0.211. The molecule has 1 aromatic carbocycles. The van der Waals surface area contributed by atoms with E-state index >= 15 is 0 Å². The van der Waals surface area contributed by atoms with Crippen molar-refractivity contribution in [2.24, 2.45) is 0 Å². The second-order valence-electron chi connectivity index (χ2n) is 5.94. The maximum absolute atomic E-state index is 13.5. The van der Waals surface area contributed by atoms with E-state index in [2.05, 4.69) is 20.5 Å². The van der Waals surface area contributed by atoms with Crippen LogP contribution in [0.1, 0.15) is 24.5 Å². The quantitative estimate of drug-likeness (QED) is 0.607. The number of pyridine rings is 1. The predicted molar refractivity (Wildman–Crippen MR) is 99.5 cm³/mol. The molecule has 1 amide bonds. The lowest BCUT2D eigenvalue weighted by Gasteiger charge is -2.07. The van der Waals surface area contributed by atoms with E-state index in [0.717, 1.165) is 29.0 Å². The average Bonchev–Trinajstić information content (AvgIpc) is 3.07. The molecule has 3 aromatic rings. The van der Waals surface area contributed by atoms with Gasteiger partial charge in [-0.15, -0.1) is 0 Å². The Labute approximate surface area is 159 Å². The molecule has 0 aliphatic carbocycles. The number of aromatic nitrogens is 3. The van der Waals surface area contributed by atoms with Crippen LogP contribution in [-0.2, 0) is 17.6 Å². The van der Waals surface area contributed by atoms with Crippen LogP contribution in [0.2, 0.25) is 5.02 Å². The molecule has 0 aliphatic rings. The molecule has 0 spiro atoms. The van der Waals surface area contributed by atoms with Gasteiger partial charge in [0.1, 0.15) is 22.5 Å². The largest absolute Gasteiger partial charge is 0.311 e. The summed E-state index contributed by atoms with van der Waals surface area (Å²) in [4.78, 5) is 16.2. The number of amides is 1. The number of nitrogens with one attached hydrogen (secondary N) is 2. The summed E-state index contributed by atoms with van der Waals surface area (Å²) in [5.74, 6) is -1.44. The zero-order valence-electron chi connectivity index (χ0n) is 14.5. The van der Waals surface area contributed by atoms with Crippen molar-refractivity contribution >= 4 is 23.3 Å². The van der Waals surface area contributed by atoms with Gasteiger partial charge >= 0.3 is 0 Å². The van der Waals surface area contributed by atoms with E-state index in [4.69, 9.17) is 11.6 Å². The van der Waals surface area contributed by atoms with Crippen LogP contribution in [0.3, 0.4) is 0 Å². The van der Waals surface area contributed by atoms with Gasteiger partial charge in [-0.3, -0.25) is 14.9 Å². The highest BCUT2D eigenvalue weighted by Gasteiger charge is 2.16. The summed E-state index contributed by atoms with van der Waals surface area (Å²) in [7, 11) is 0. The zero-order chi connectivity index (χ0) is 19.4. The number of nitrogens with zero attached hydrogens (tertiary/aromatic N) is 2. The van der Waals surface area contributed by atoms with E-state index < -0.39 is 16.7 Å². The maximum Gasteiger partial charge on any atom is 0.225 e. The maximum atomic E-state index is 13.5. The minimum atomic E-state index is -0.837. The summed E-state index contributed by atoms with van der Waals surface area (Å²) in [5, 5.41) is 9.35. The Morgan fingerprint density at radius 1 is 1.22 bits per heavy atom. The van der Waals surface area contributed by atoms with Gasteiger partial charge in [0.15, 0.2) is 0 Å². The first kappa shape index (κ1) is 19.0. The number of carbonyl (C=O) groups is 1. The number of benzene rings is 1. The van der Waals surface area contributed by atoms with E-state index in [0.29, 0.717) is 17.8 Å². The Morgan fingerprint density at radius 2 is 1.89 bits per heavy atom. The third-order valence-electron chi connectivity index (χ3n) is 4.12. The first-order valence-corrected chi connectivity index (χ1v) is 8.78. The number of hydrogen-bond acceptors (Lipinski definition) is 3. The second kappa shape index (κ2) is 8.26. The van der Waals surface area contributed by atoms with Crippen molar-refractivity contribution in [1.29, 1.82) is 0 Å². The molecule has 8 heteroatoms. The molecular weight excluding hydrogens is 374 g/mol. The summed E-state index contributed by atoms with van der Waals surface area (Å²) < 4.78 is 27.0. The molecule has 0 atom stereocenters. The van der Waals surface area contributed by atoms with E-state index in [-0.39, 0.29) is 18.7 Å². The van der Waals surface area contributed by atoms with Crippen LogP contribution in [0.25, 0.3) is 11.3 Å². The number of aromatic amines is 1. The Hall–Kier alpha value is -2.80. The lowest BCUT2D eigenvalue weighted by molar-refractivity contribution is -0.116. The first-order valence-electron chi connectivity index (χ1n) is 8.40. The van der Waals surface area contributed by atoms with Crippen LogP contribution in [0.5, 0.6) is 0 Å². The van der Waals surface area contributed by atoms with Crippen LogP contribution in [-0.4, -0.2) is 21.1 Å². The van der Waals surface area contributed by atoms with E-state index in [1.165, 1.54) is 0 Å². The fourth-order valence-electron chi connectivity index (χ4n) is 2.77. The Morgan fingerprint density at radius 3 is 2.52 bits per heavy atom. The van der Waals surface area contributed by atoms with Gasteiger partial charge in [-0.05, 0) is 42.7 Å². The SMILES string of the molecule is CCc1c(-c2ccncc2)n[nH]c1NC(=O)CCc1cc(F)c(Cl)c(F)c1. The summed E-state index contributed by atoms with van der Waals surface area (Å²) in [6, 6.07) is 5.94. The fourth-order valence-corrected chi connectivity index (χ4v) is 2.88. The standard InChI is InChI=1S/C19H17ClF2N4O/c1-2-13-18(12-5-7-23-8-6-12)25-26-19(13)24-16(27)4-3-11-9-14(21)17(20)15(22)10-11/h5-10H,2-4H2,1H3,(H2,24,25,26,27). The van der Waals surface area contributed by atoms with Gasteiger partial charge in [0.05, 0.1) is 5.69 Å². The molecule has 27 heavy (non-hydrogen) atoms. The Balaban J connectivity index is 1.69. The lowest BCUT2D eigenvalue weighted by atomic mass is 10.1. The van der Waals surface area contributed by atoms with Crippen LogP contribution in [0, 0.1) is 11.6 Å². The number of halogens is 3. The monoisotopic (exact) mass is 390 g/mol. The van der Waals surface area contributed by atoms with E-state index in [1.807, 2.05) is 19.1 Å². The van der Waals surface area contributed by atoms with Gasteiger partial charge in [-0.25, -0.2) is 8.78 Å². The molecule has 3 rings (SSSR count). The van der Waals surface area contributed by atoms with Crippen LogP contribution >= 0.6 is 11.6 Å². The van der Waals surface area contributed by atoms with Crippen molar-refractivity contribution in [3.05, 3.63) is 64.4 Å². The van der Waals surface area contributed by atoms with Crippen LogP contribution in [0.4, 0.5) is 14.6 Å². The van der Waals surface area contributed by atoms with Crippen LogP contribution < -0.4 is 5.32 Å². The molecule has 0 bridgehead atoms. The van der Waals surface area contributed by atoms with E-state index in [9.17, 15) is 13.6 Å². The molecule has 0 aliphatic heterocycles. The van der Waals surface area contributed by atoms with Gasteiger partial charge in [0.2, 0.25) is 5.91 Å². The highest BCUT2D eigenvalue weighted by Crippen LogP contribution is 2.27. The minimum absolute atomic E-state index is 0.0628. The number of hydrogen-bond donors (Lipinski definition) is 2. The number of carbonyl (C=O) groups excluding carboxylic acids is 1. The zero-order valence-corrected chi connectivity index (χ0v) is 15.3. The van der Waals surface area contributed by atoms with Gasteiger partial charge in [-0.1, -0.05) is 18.5 Å². The summed E-state index contributed by atoms with van der Waals surface area (Å²) in [5.41, 5.74) is 2.88. The topological polar surface area (TPSA) is 70.7 Å². The first-order chi connectivity index (χ1) is 13.0. The van der Waals surface area contributed by atoms with Crippen molar-refractivity contribution in [3.63, 3.8) is 0 Å². The summed E-state index contributed by atoms with van der Waals surface area (Å²) in [6.45, 7) is 1.96. The highest BCUT2D eigenvalue weighted by atomic mass is 35.5. The molecule has 0 unspecified atom stereocenters. The summed E-state index contributed by atoms with van der Waals surface area (Å²) >= 11 is 5.46. The second-order valence-corrected chi connectivity index (χ2v) is 6.31. The lowest BCUT2D eigenvalue weighted by Crippen LogP contribution is -2.14. The number of anilines is 1. The average molecular weight is 391 g/mol. The van der Waals surface area contributed by atoms with E-state index in [1.54, 1.807) is 12.4 Å². The van der Waals surface area contributed by atoms with Crippen molar-refractivity contribution in [1.82, 2.24) is 15.2 Å². The van der Waals surface area contributed by atoms with Crippen molar-refractivity contribution in [2.45, 2.75) is 26.2 Å². The third kappa shape index (κ3) is 4.31. The smallest absolute Gasteiger partial charge is 0.225 e. The van der Waals surface area contributed by atoms with Crippen LogP contribution in [0.15, 0.2) is 36.7 Å². The molecule has 2 heterocycles. The Bertz CT molecular complexity index is 937. The van der Waals surface area contributed by atoms with Gasteiger partial charge in [0, 0.05) is 29.9 Å². The van der Waals surface area contributed by atoms with Crippen molar-refractivity contribution < 1.29 is 13.6 Å². The molecule has 0 radical (unpaired) electrons. The Kier molecular flexibility index (Phi) is 5.81. The highest BCUT2D eigenvalue weighted by molar-refractivity contribution is 6.30. The molecule has 140 valence electrons.